The average molecular weight is 666 g/mol. The van der Waals surface area contributed by atoms with Gasteiger partial charge in [-0.05, 0) is 60.3 Å². The molecule has 1 aliphatic rings. The summed E-state index contributed by atoms with van der Waals surface area (Å²) in [6.45, 7) is 2.55. The monoisotopic (exact) mass is 664 g/mol. The van der Waals surface area contributed by atoms with E-state index in [1.807, 2.05) is 85.1 Å². The summed E-state index contributed by atoms with van der Waals surface area (Å²) in [4.78, 5) is 34.1. The number of nitrogens with one attached hydrogen (secondary N) is 1. The molecule has 0 unspecified atom stereocenters. The number of carbonyl (C=O) groups excluding carboxylic acids is 1. The molecule has 0 saturated carbocycles. The highest BCUT2D eigenvalue weighted by Crippen LogP contribution is 2.33. The molecule has 9 heteroatoms. The maximum Gasteiger partial charge on any atom is 0.271 e. The van der Waals surface area contributed by atoms with Crippen molar-refractivity contribution < 1.29 is 4.79 Å². The molecule has 3 aromatic carbocycles. The van der Waals surface area contributed by atoms with Gasteiger partial charge in [-0.15, -0.1) is 11.3 Å². The summed E-state index contributed by atoms with van der Waals surface area (Å²) in [5.74, 6) is -0.267. The Labute approximate surface area is 263 Å². The molecule has 0 radical (unpaired) electrons. The van der Waals surface area contributed by atoms with Crippen LogP contribution in [-0.4, -0.2) is 15.0 Å². The van der Waals surface area contributed by atoms with Gasteiger partial charge in [0.05, 0.1) is 15.8 Å². The molecule has 0 saturated heterocycles. The predicted octanol–water partition coefficient (Wildman–Crippen LogP) is 6.70. The first-order valence-electron chi connectivity index (χ1n) is 13.7. The van der Waals surface area contributed by atoms with Crippen molar-refractivity contribution in [2.24, 2.45) is 4.99 Å². The lowest BCUT2D eigenvalue weighted by atomic mass is 10.0. The van der Waals surface area contributed by atoms with Crippen LogP contribution in [0, 0.1) is 0 Å². The molecule has 4 heterocycles. The minimum atomic E-state index is -0.569. The second-order valence-corrected chi connectivity index (χ2v) is 13.2. The third kappa shape index (κ3) is 5.24. The zero-order valence-electron chi connectivity index (χ0n) is 23.0. The molecular formula is C34H25BrN4O2S2. The van der Waals surface area contributed by atoms with Gasteiger partial charge < -0.3 is 9.88 Å². The minimum absolute atomic E-state index is 0.163. The quantitative estimate of drug-likeness (QED) is 0.215. The maximum atomic E-state index is 14.1. The van der Waals surface area contributed by atoms with Gasteiger partial charge in [-0.3, -0.25) is 14.2 Å². The van der Waals surface area contributed by atoms with Gasteiger partial charge in [0.1, 0.15) is 6.04 Å². The average Bonchev–Trinajstić information content (AvgIpc) is 3.74. The van der Waals surface area contributed by atoms with Crippen LogP contribution >= 0.6 is 38.6 Å². The van der Waals surface area contributed by atoms with Crippen LogP contribution in [0.25, 0.3) is 17.0 Å². The molecule has 1 amide bonds. The smallest absolute Gasteiger partial charge is 0.271 e. The first kappa shape index (κ1) is 27.5. The van der Waals surface area contributed by atoms with Crippen LogP contribution in [0.2, 0.25) is 0 Å². The van der Waals surface area contributed by atoms with Crippen molar-refractivity contribution in [3.8, 4) is 0 Å². The number of thiophene rings is 1. The van der Waals surface area contributed by atoms with E-state index in [4.69, 9.17) is 4.99 Å². The van der Waals surface area contributed by atoms with E-state index >= 15 is 0 Å². The molecule has 0 spiro atoms. The Hall–Kier alpha value is -4.31. The number of nitrogens with zero attached hydrogens (tertiary/aromatic N) is 3. The van der Waals surface area contributed by atoms with E-state index in [1.54, 1.807) is 4.57 Å². The minimum Gasteiger partial charge on any atom is -0.342 e. The fourth-order valence-corrected chi connectivity index (χ4v) is 7.62. The fraction of sp³-hybridized carbons (Fsp3) is 0.0882. The normalized spacial score (nSPS) is 15.0. The lowest BCUT2D eigenvalue weighted by Crippen LogP contribution is -2.40. The van der Waals surface area contributed by atoms with Gasteiger partial charge in [-0.25, -0.2) is 4.99 Å². The highest BCUT2D eigenvalue weighted by Gasteiger charge is 2.33. The number of hydrogen-bond acceptors (Lipinski definition) is 5. The molecule has 212 valence electrons. The lowest BCUT2D eigenvalue weighted by molar-refractivity contribution is -0.113. The Morgan fingerprint density at radius 2 is 1.77 bits per heavy atom. The summed E-state index contributed by atoms with van der Waals surface area (Å²) in [5, 5.41) is 6.03. The Morgan fingerprint density at radius 3 is 2.53 bits per heavy atom. The molecule has 1 atom stereocenters. The Bertz CT molecular complexity index is 2190. The van der Waals surface area contributed by atoms with Crippen LogP contribution < -0.4 is 20.2 Å². The van der Waals surface area contributed by atoms with E-state index in [2.05, 4.69) is 56.3 Å². The largest absolute Gasteiger partial charge is 0.342 e. The van der Waals surface area contributed by atoms with Gasteiger partial charge in [-0.1, -0.05) is 81.9 Å². The number of hydrogen-bond donors (Lipinski definition) is 1. The molecule has 43 heavy (non-hydrogen) atoms. The van der Waals surface area contributed by atoms with E-state index in [-0.39, 0.29) is 11.5 Å². The number of rotatable bonds is 6. The maximum absolute atomic E-state index is 14.1. The topological polar surface area (TPSA) is 68.4 Å². The highest BCUT2D eigenvalue weighted by atomic mass is 79.9. The van der Waals surface area contributed by atoms with E-state index in [0.29, 0.717) is 32.8 Å². The molecular weight excluding hydrogens is 640 g/mol. The molecule has 1 aliphatic heterocycles. The summed E-state index contributed by atoms with van der Waals surface area (Å²) in [5.41, 5.74) is 4.84. The Morgan fingerprint density at radius 1 is 1.00 bits per heavy atom. The van der Waals surface area contributed by atoms with E-state index in [0.717, 1.165) is 25.8 Å². The Kier molecular flexibility index (Phi) is 7.30. The summed E-state index contributed by atoms with van der Waals surface area (Å²) in [6.07, 6.45) is 4.06. The number of aromatic nitrogens is 2. The van der Waals surface area contributed by atoms with Gasteiger partial charge >= 0.3 is 0 Å². The standard InChI is InChI=1S/C34H25BrN4O2S2/c1-21-30(32(40)37-25-8-3-2-4-9-25)31(28-12-7-17-42-28)39-33(41)29(43-34(39)36-21)18-23-20-38(27-11-6-5-10-26(23)27)19-22-13-15-24(35)16-14-22/h2-18,20,31H,19H2,1H3,(H,37,40)/b29-18+/t31-/m1/s1. The number of carbonyl (C=O) groups is 1. The van der Waals surface area contributed by atoms with Crippen LogP contribution in [0.5, 0.6) is 0 Å². The van der Waals surface area contributed by atoms with E-state index in [1.165, 1.54) is 28.2 Å². The van der Waals surface area contributed by atoms with E-state index in [9.17, 15) is 9.59 Å². The van der Waals surface area contributed by atoms with Crippen molar-refractivity contribution in [1.82, 2.24) is 9.13 Å². The number of allylic oxidation sites excluding steroid dienone is 1. The van der Waals surface area contributed by atoms with Crippen LogP contribution in [0.15, 0.2) is 128 Å². The van der Waals surface area contributed by atoms with Gasteiger partial charge in [0.25, 0.3) is 11.5 Å². The second kappa shape index (κ2) is 11.4. The molecule has 0 fully saturated rings. The predicted molar refractivity (Wildman–Crippen MR) is 178 cm³/mol. The van der Waals surface area contributed by atoms with Crippen LogP contribution in [0.1, 0.15) is 29.0 Å². The number of benzene rings is 3. The zero-order chi connectivity index (χ0) is 29.5. The van der Waals surface area contributed by atoms with Crippen molar-refractivity contribution in [1.29, 1.82) is 0 Å². The third-order valence-corrected chi connectivity index (χ3v) is 9.92. The summed E-state index contributed by atoms with van der Waals surface area (Å²) >= 11 is 6.39. The fourth-order valence-electron chi connectivity index (χ4n) is 5.50. The Balaban J connectivity index is 1.33. The number of para-hydroxylation sites is 2. The van der Waals surface area contributed by atoms with Crippen LogP contribution in [0.4, 0.5) is 5.69 Å². The van der Waals surface area contributed by atoms with Crippen molar-refractivity contribution >= 4 is 67.2 Å². The van der Waals surface area contributed by atoms with Crippen molar-refractivity contribution in [2.75, 3.05) is 5.32 Å². The van der Waals surface area contributed by atoms with Gasteiger partial charge in [-0.2, -0.15) is 0 Å². The molecule has 0 aliphatic carbocycles. The number of anilines is 1. The molecule has 7 rings (SSSR count). The highest BCUT2D eigenvalue weighted by molar-refractivity contribution is 9.10. The van der Waals surface area contributed by atoms with Gasteiger partial charge in [0.2, 0.25) is 0 Å². The molecule has 6 aromatic rings. The third-order valence-electron chi connectivity index (χ3n) is 7.48. The summed E-state index contributed by atoms with van der Waals surface area (Å²) in [7, 11) is 0. The molecule has 1 N–H and O–H groups in total. The number of amides is 1. The van der Waals surface area contributed by atoms with Crippen molar-refractivity contribution in [3.05, 3.63) is 154 Å². The van der Waals surface area contributed by atoms with Crippen molar-refractivity contribution in [3.63, 3.8) is 0 Å². The number of thiazole rings is 1. The zero-order valence-corrected chi connectivity index (χ0v) is 26.2. The summed E-state index contributed by atoms with van der Waals surface area (Å²) < 4.78 is 5.51. The first-order valence-corrected chi connectivity index (χ1v) is 16.2. The lowest BCUT2D eigenvalue weighted by Gasteiger charge is -2.24. The molecule has 6 nitrogen and oxygen atoms in total. The van der Waals surface area contributed by atoms with Gasteiger partial charge in [0.15, 0.2) is 4.80 Å². The SMILES string of the molecule is CC1=C(C(=O)Nc2ccccc2)[C@@H](c2cccs2)n2c(s/c(=C/c3cn(Cc4ccc(Br)cc4)c4ccccc34)c2=O)=N1. The summed E-state index contributed by atoms with van der Waals surface area (Å²) in [6, 6.07) is 29.2. The number of fused-ring (bicyclic) bond motifs is 2. The first-order chi connectivity index (χ1) is 21.0. The number of halogens is 1. The van der Waals surface area contributed by atoms with Crippen LogP contribution in [0.3, 0.4) is 0 Å². The van der Waals surface area contributed by atoms with Crippen LogP contribution in [-0.2, 0) is 11.3 Å². The van der Waals surface area contributed by atoms with Crippen molar-refractivity contribution in [2.45, 2.75) is 19.5 Å². The molecule has 3 aromatic heterocycles. The van der Waals surface area contributed by atoms with Gasteiger partial charge in [0, 0.05) is 44.2 Å². The second-order valence-electron chi connectivity index (χ2n) is 10.3. The molecule has 0 bridgehead atoms. The van der Waals surface area contributed by atoms with E-state index < -0.39 is 6.04 Å².